The first-order valence-corrected chi connectivity index (χ1v) is 13.5. The van der Waals surface area contributed by atoms with E-state index < -0.39 is 0 Å². The van der Waals surface area contributed by atoms with E-state index in [1.54, 1.807) is 14.2 Å². The molecule has 0 saturated carbocycles. The van der Waals surface area contributed by atoms with Crippen LogP contribution in [0.5, 0.6) is 23.0 Å². The lowest BCUT2D eigenvalue weighted by Gasteiger charge is -2.25. The zero-order chi connectivity index (χ0) is 28.2. The lowest BCUT2D eigenvalue weighted by Crippen LogP contribution is -2.26. The third-order valence-corrected chi connectivity index (χ3v) is 7.06. The number of hydrogen-bond acceptors (Lipinski definition) is 6. The van der Waals surface area contributed by atoms with E-state index in [0.29, 0.717) is 49.1 Å². The maximum atomic E-state index is 10.3. The van der Waals surface area contributed by atoms with Gasteiger partial charge in [-0.3, -0.25) is 0 Å². The molecule has 2 atom stereocenters. The predicted molar refractivity (Wildman–Crippen MR) is 156 cm³/mol. The molecule has 0 heterocycles. The number of ether oxygens (including phenoxy) is 4. The summed E-state index contributed by atoms with van der Waals surface area (Å²) in [6, 6.07) is 31.6. The van der Waals surface area contributed by atoms with Crippen molar-refractivity contribution in [1.82, 2.24) is 0 Å². The van der Waals surface area contributed by atoms with E-state index in [-0.39, 0.29) is 25.0 Å². The average Bonchev–Trinajstić information content (AvgIpc) is 3.02. The minimum atomic E-state index is -0.147. The Balaban J connectivity index is 1.40. The molecule has 2 N–H and O–H groups in total. The Kier molecular flexibility index (Phi) is 10.8. The van der Waals surface area contributed by atoms with Gasteiger partial charge in [-0.15, -0.1) is 0 Å². The molecule has 0 aliphatic heterocycles. The summed E-state index contributed by atoms with van der Waals surface area (Å²) in [4.78, 5) is 0. The van der Waals surface area contributed by atoms with Crippen LogP contribution in [0.25, 0.3) is 0 Å². The van der Waals surface area contributed by atoms with Gasteiger partial charge in [0.05, 0.1) is 14.2 Å². The number of aliphatic hydroxyl groups is 2. The van der Waals surface area contributed by atoms with Gasteiger partial charge < -0.3 is 29.2 Å². The Morgan fingerprint density at radius 3 is 1.25 bits per heavy atom. The largest absolute Gasteiger partial charge is 0.493 e. The second kappa shape index (κ2) is 15.0. The van der Waals surface area contributed by atoms with Crippen molar-refractivity contribution in [1.29, 1.82) is 0 Å². The Labute approximate surface area is 236 Å². The molecule has 4 aromatic rings. The third-order valence-electron chi connectivity index (χ3n) is 7.06. The topological polar surface area (TPSA) is 77.4 Å². The van der Waals surface area contributed by atoms with Gasteiger partial charge in [-0.25, -0.2) is 0 Å². The molecule has 0 fully saturated rings. The molecule has 0 radical (unpaired) electrons. The number of rotatable bonds is 15. The normalized spacial score (nSPS) is 12.4. The van der Waals surface area contributed by atoms with Gasteiger partial charge in [0.15, 0.2) is 23.0 Å². The Bertz CT molecular complexity index is 1210. The standard InChI is InChI=1S/C34H38O6/c1-37-33-19-27(13-15-31(33)39-23-25-9-5-3-6-10-25)17-29(21-35)30(22-36)18-28-14-16-32(34(20-28)38-2)40-24-26-11-7-4-8-12-26/h3-16,19-20,29-30,35-36H,17-18,21-24H2,1-2H3/t29-,30?/m0/s1. The highest BCUT2D eigenvalue weighted by molar-refractivity contribution is 5.44. The van der Waals surface area contributed by atoms with Crippen LogP contribution in [0.4, 0.5) is 0 Å². The van der Waals surface area contributed by atoms with Crippen LogP contribution in [0.3, 0.4) is 0 Å². The molecule has 0 spiro atoms. The molecule has 4 aromatic carbocycles. The lowest BCUT2D eigenvalue weighted by molar-refractivity contribution is 0.119. The molecule has 210 valence electrons. The van der Waals surface area contributed by atoms with Crippen LogP contribution in [-0.2, 0) is 26.1 Å². The van der Waals surface area contributed by atoms with Crippen molar-refractivity contribution >= 4 is 0 Å². The van der Waals surface area contributed by atoms with Gasteiger partial charge in [0.1, 0.15) is 13.2 Å². The average molecular weight is 543 g/mol. The van der Waals surface area contributed by atoms with Gasteiger partial charge in [-0.05, 0) is 71.2 Å². The first kappa shape index (κ1) is 29.0. The first-order valence-electron chi connectivity index (χ1n) is 13.5. The fraction of sp³-hybridized carbons (Fsp3) is 0.294. The SMILES string of the molecule is COc1cc(CC(CO)[C@H](CO)Cc2ccc(OCc3ccccc3)c(OC)c2)ccc1OCc1ccccc1. The Morgan fingerprint density at radius 2 is 0.900 bits per heavy atom. The van der Waals surface area contributed by atoms with Gasteiger partial charge >= 0.3 is 0 Å². The molecule has 0 saturated heterocycles. The number of aliphatic hydroxyl groups excluding tert-OH is 2. The van der Waals surface area contributed by atoms with Crippen molar-refractivity contribution in [2.75, 3.05) is 27.4 Å². The van der Waals surface area contributed by atoms with E-state index in [9.17, 15) is 10.2 Å². The third kappa shape index (κ3) is 8.01. The highest BCUT2D eigenvalue weighted by atomic mass is 16.5. The van der Waals surface area contributed by atoms with Gasteiger partial charge in [-0.2, -0.15) is 0 Å². The molecule has 0 amide bonds. The van der Waals surface area contributed by atoms with Crippen molar-refractivity contribution in [3.05, 3.63) is 119 Å². The summed E-state index contributed by atoms with van der Waals surface area (Å²) < 4.78 is 23.2. The predicted octanol–water partition coefficient (Wildman–Crippen LogP) is 5.86. The van der Waals surface area contributed by atoms with Gasteiger partial charge in [-0.1, -0.05) is 72.8 Å². The van der Waals surface area contributed by atoms with E-state index in [4.69, 9.17) is 18.9 Å². The minimum Gasteiger partial charge on any atom is -0.493 e. The van der Waals surface area contributed by atoms with Crippen molar-refractivity contribution in [2.45, 2.75) is 26.1 Å². The molecule has 6 nitrogen and oxygen atoms in total. The summed E-state index contributed by atoms with van der Waals surface area (Å²) in [5.41, 5.74) is 4.16. The van der Waals surface area contributed by atoms with Crippen LogP contribution in [0.1, 0.15) is 22.3 Å². The summed E-state index contributed by atoms with van der Waals surface area (Å²) in [6.07, 6.45) is 1.18. The lowest BCUT2D eigenvalue weighted by atomic mass is 9.83. The van der Waals surface area contributed by atoms with Crippen LogP contribution in [0.15, 0.2) is 97.1 Å². The van der Waals surface area contributed by atoms with Crippen molar-refractivity contribution in [3.8, 4) is 23.0 Å². The molecule has 4 rings (SSSR count). The monoisotopic (exact) mass is 542 g/mol. The van der Waals surface area contributed by atoms with Crippen molar-refractivity contribution < 1.29 is 29.2 Å². The summed E-state index contributed by atoms with van der Waals surface area (Å²) >= 11 is 0. The van der Waals surface area contributed by atoms with E-state index >= 15 is 0 Å². The summed E-state index contributed by atoms with van der Waals surface area (Å²) in [5.74, 6) is 2.31. The molecule has 0 aliphatic carbocycles. The summed E-state index contributed by atoms with van der Waals surface area (Å²) in [7, 11) is 3.24. The Hall–Kier alpha value is -4.00. The fourth-order valence-corrected chi connectivity index (χ4v) is 4.75. The molecular weight excluding hydrogens is 504 g/mol. The molecule has 6 heteroatoms. The molecule has 0 aromatic heterocycles. The number of methoxy groups -OCH3 is 2. The van der Waals surface area contributed by atoms with E-state index in [2.05, 4.69) is 0 Å². The van der Waals surface area contributed by atoms with E-state index in [1.165, 1.54) is 0 Å². The minimum absolute atomic E-state index is 0.0464. The van der Waals surface area contributed by atoms with Crippen LogP contribution in [-0.4, -0.2) is 37.6 Å². The highest BCUT2D eigenvalue weighted by Gasteiger charge is 2.23. The molecule has 0 aliphatic rings. The van der Waals surface area contributed by atoms with E-state index in [0.717, 1.165) is 22.3 Å². The molecule has 0 bridgehead atoms. The summed E-state index contributed by atoms with van der Waals surface area (Å²) in [6.45, 7) is 0.800. The zero-order valence-corrected chi connectivity index (χ0v) is 23.2. The molecule has 40 heavy (non-hydrogen) atoms. The van der Waals surface area contributed by atoms with Gasteiger partial charge in [0, 0.05) is 13.2 Å². The van der Waals surface area contributed by atoms with E-state index in [1.807, 2.05) is 97.1 Å². The smallest absolute Gasteiger partial charge is 0.161 e. The van der Waals surface area contributed by atoms with Crippen LogP contribution in [0.2, 0.25) is 0 Å². The maximum absolute atomic E-state index is 10.3. The fourth-order valence-electron chi connectivity index (χ4n) is 4.75. The zero-order valence-electron chi connectivity index (χ0n) is 23.2. The summed E-state index contributed by atoms with van der Waals surface area (Å²) in [5, 5.41) is 20.5. The van der Waals surface area contributed by atoms with Crippen molar-refractivity contribution in [3.63, 3.8) is 0 Å². The Morgan fingerprint density at radius 1 is 0.500 bits per heavy atom. The highest BCUT2D eigenvalue weighted by Crippen LogP contribution is 2.33. The van der Waals surface area contributed by atoms with Gasteiger partial charge in [0.25, 0.3) is 0 Å². The quantitative estimate of drug-likeness (QED) is 0.196. The number of hydrogen-bond donors (Lipinski definition) is 2. The number of benzene rings is 4. The van der Waals surface area contributed by atoms with Crippen molar-refractivity contribution in [2.24, 2.45) is 11.8 Å². The van der Waals surface area contributed by atoms with Crippen LogP contribution in [0, 0.1) is 11.8 Å². The first-order chi connectivity index (χ1) is 19.6. The second-order valence-corrected chi connectivity index (χ2v) is 9.81. The molecular formula is C34H38O6. The maximum Gasteiger partial charge on any atom is 0.161 e. The molecule has 1 unspecified atom stereocenters. The van der Waals surface area contributed by atoms with Crippen LogP contribution >= 0.6 is 0 Å². The van der Waals surface area contributed by atoms with Gasteiger partial charge in [0.2, 0.25) is 0 Å². The second-order valence-electron chi connectivity index (χ2n) is 9.81. The van der Waals surface area contributed by atoms with Crippen LogP contribution < -0.4 is 18.9 Å².